The largest absolute Gasteiger partial charge is 0.294 e. The highest BCUT2D eigenvalue weighted by molar-refractivity contribution is 5.97. The number of benzene rings is 2. The molecule has 0 bridgehead atoms. The van der Waals surface area contributed by atoms with E-state index in [9.17, 15) is 18.0 Å². The summed E-state index contributed by atoms with van der Waals surface area (Å²) in [6.07, 6.45) is -0.0519. The zero-order chi connectivity index (χ0) is 14.0. The van der Waals surface area contributed by atoms with Crippen molar-refractivity contribution < 1.29 is 18.0 Å². The van der Waals surface area contributed by atoms with E-state index in [1.165, 1.54) is 0 Å². The molecule has 0 aliphatic heterocycles. The first-order valence-electron chi connectivity index (χ1n) is 5.70. The van der Waals surface area contributed by atoms with Gasteiger partial charge in [0, 0.05) is 12.5 Å². The molecule has 0 aliphatic carbocycles. The molecular formula is C15H11F3O. The molecule has 0 unspecified atom stereocenters. The highest BCUT2D eigenvalue weighted by Gasteiger charge is 2.16. The van der Waals surface area contributed by atoms with Crippen molar-refractivity contribution in [2.45, 2.75) is 13.3 Å². The lowest BCUT2D eigenvalue weighted by molar-refractivity contribution is 0.0988. The van der Waals surface area contributed by atoms with Gasteiger partial charge in [0.15, 0.2) is 17.4 Å². The highest BCUT2D eigenvalue weighted by Crippen LogP contribution is 2.16. The van der Waals surface area contributed by atoms with Gasteiger partial charge in [-0.25, -0.2) is 13.2 Å². The standard InChI is InChI=1S/C15H11F3O/c1-9-3-2-4-10(5-9)6-15(19)11-7-13(17)14(18)8-12(11)16/h2-5,7-8H,6H2,1H3. The van der Waals surface area contributed by atoms with Crippen molar-refractivity contribution in [1.29, 1.82) is 0 Å². The van der Waals surface area contributed by atoms with Gasteiger partial charge in [0.05, 0.1) is 5.56 Å². The van der Waals surface area contributed by atoms with Crippen LogP contribution in [0.2, 0.25) is 0 Å². The Morgan fingerprint density at radius 2 is 1.68 bits per heavy atom. The maximum atomic E-state index is 13.4. The maximum Gasteiger partial charge on any atom is 0.170 e. The first-order valence-corrected chi connectivity index (χ1v) is 5.70. The molecule has 1 nitrogen and oxygen atoms in total. The quantitative estimate of drug-likeness (QED) is 0.608. The molecule has 0 aromatic heterocycles. The molecule has 4 heteroatoms. The Morgan fingerprint density at radius 3 is 2.37 bits per heavy atom. The number of rotatable bonds is 3. The number of carbonyl (C=O) groups excluding carboxylic acids is 1. The second-order valence-electron chi connectivity index (χ2n) is 4.34. The number of hydrogen-bond acceptors (Lipinski definition) is 1. The van der Waals surface area contributed by atoms with Gasteiger partial charge in [-0.3, -0.25) is 4.79 Å². The number of aryl methyl sites for hydroxylation is 1. The van der Waals surface area contributed by atoms with E-state index in [0.717, 1.165) is 5.56 Å². The summed E-state index contributed by atoms with van der Waals surface area (Å²) < 4.78 is 39.2. The van der Waals surface area contributed by atoms with E-state index in [2.05, 4.69) is 0 Å². The monoisotopic (exact) mass is 264 g/mol. The molecule has 0 atom stereocenters. The summed E-state index contributed by atoms with van der Waals surface area (Å²) in [5.41, 5.74) is 1.24. The van der Waals surface area contributed by atoms with Crippen molar-refractivity contribution in [2.24, 2.45) is 0 Å². The molecule has 0 radical (unpaired) electrons. The van der Waals surface area contributed by atoms with Crippen LogP contribution in [0.15, 0.2) is 36.4 Å². The average Bonchev–Trinajstić information content (AvgIpc) is 2.33. The van der Waals surface area contributed by atoms with Crippen molar-refractivity contribution >= 4 is 5.78 Å². The molecule has 0 amide bonds. The van der Waals surface area contributed by atoms with Gasteiger partial charge in [0.1, 0.15) is 5.82 Å². The zero-order valence-corrected chi connectivity index (χ0v) is 10.2. The van der Waals surface area contributed by atoms with Crippen LogP contribution in [0.4, 0.5) is 13.2 Å². The van der Waals surface area contributed by atoms with Gasteiger partial charge >= 0.3 is 0 Å². The molecule has 2 aromatic rings. The fourth-order valence-electron chi connectivity index (χ4n) is 1.84. The third-order valence-electron chi connectivity index (χ3n) is 2.76. The summed E-state index contributed by atoms with van der Waals surface area (Å²) >= 11 is 0. The van der Waals surface area contributed by atoms with E-state index < -0.39 is 28.8 Å². The predicted octanol–water partition coefficient (Wildman–Crippen LogP) is 3.84. The lowest BCUT2D eigenvalue weighted by Gasteiger charge is -2.05. The zero-order valence-electron chi connectivity index (χ0n) is 10.2. The Bertz CT molecular complexity index is 635. The Morgan fingerprint density at radius 1 is 1.00 bits per heavy atom. The molecule has 2 aromatic carbocycles. The van der Waals surface area contributed by atoms with Crippen molar-refractivity contribution in [3.05, 3.63) is 70.5 Å². The number of halogens is 3. The van der Waals surface area contributed by atoms with E-state index in [0.29, 0.717) is 17.7 Å². The second kappa shape index (κ2) is 5.26. The molecule has 0 saturated carbocycles. The lowest BCUT2D eigenvalue weighted by atomic mass is 10.0. The first kappa shape index (κ1) is 13.3. The third kappa shape index (κ3) is 3.02. The van der Waals surface area contributed by atoms with Crippen LogP contribution in [0.25, 0.3) is 0 Å². The van der Waals surface area contributed by atoms with Gasteiger partial charge in [-0.05, 0) is 18.6 Å². The minimum Gasteiger partial charge on any atom is -0.294 e. The van der Waals surface area contributed by atoms with E-state index >= 15 is 0 Å². The van der Waals surface area contributed by atoms with Crippen LogP contribution in [0.5, 0.6) is 0 Å². The van der Waals surface area contributed by atoms with E-state index in [1.807, 2.05) is 13.0 Å². The molecule has 0 heterocycles. The van der Waals surface area contributed by atoms with Crippen LogP contribution in [-0.4, -0.2) is 5.78 Å². The molecular weight excluding hydrogens is 253 g/mol. The van der Waals surface area contributed by atoms with Gasteiger partial charge in [-0.15, -0.1) is 0 Å². The summed E-state index contributed by atoms with van der Waals surface area (Å²) in [4.78, 5) is 11.9. The molecule has 0 fully saturated rings. The maximum absolute atomic E-state index is 13.4. The number of Topliss-reactive ketones (excluding diaryl/α,β-unsaturated/α-hetero) is 1. The smallest absolute Gasteiger partial charge is 0.170 e. The average molecular weight is 264 g/mol. The number of carbonyl (C=O) groups is 1. The molecule has 2 rings (SSSR count). The molecule has 0 saturated heterocycles. The van der Waals surface area contributed by atoms with Gasteiger partial charge in [0.2, 0.25) is 0 Å². The second-order valence-corrected chi connectivity index (χ2v) is 4.34. The summed E-state index contributed by atoms with van der Waals surface area (Å²) in [5, 5.41) is 0. The lowest BCUT2D eigenvalue weighted by Crippen LogP contribution is -2.08. The van der Waals surface area contributed by atoms with E-state index in [4.69, 9.17) is 0 Å². The van der Waals surface area contributed by atoms with Gasteiger partial charge in [-0.2, -0.15) is 0 Å². The van der Waals surface area contributed by atoms with Crippen molar-refractivity contribution in [2.75, 3.05) is 0 Å². The minimum absolute atomic E-state index is 0.0519. The summed E-state index contributed by atoms with van der Waals surface area (Å²) in [5.74, 6) is -4.16. The number of ketones is 1. The van der Waals surface area contributed by atoms with Crippen LogP contribution < -0.4 is 0 Å². The van der Waals surface area contributed by atoms with Crippen LogP contribution in [0, 0.1) is 24.4 Å². The van der Waals surface area contributed by atoms with Crippen LogP contribution >= 0.6 is 0 Å². The molecule has 0 aliphatic rings. The topological polar surface area (TPSA) is 17.1 Å². The minimum atomic E-state index is -1.30. The van der Waals surface area contributed by atoms with Crippen molar-refractivity contribution in [3.8, 4) is 0 Å². The summed E-state index contributed by atoms with van der Waals surface area (Å²) in [6.45, 7) is 1.87. The van der Waals surface area contributed by atoms with Crippen molar-refractivity contribution in [3.63, 3.8) is 0 Å². The summed E-state index contributed by atoms with van der Waals surface area (Å²) in [6, 6.07) is 8.14. The first-order chi connectivity index (χ1) is 8.97. The third-order valence-corrected chi connectivity index (χ3v) is 2.76. The molecule has 0 N–H and O–H groups in total. The Hall–Kier alpha value is -2.10. The normalized spacial score (nSPS) is 10.5. The fraction of sp³-hybridized carbons (Fsp3) is 0.133. The number of hydrogen-bond donors (Lipinski definition) is 0. The van der Waals surface area contributed by atoms with Crippen LogP contribution in [0.1, 0.15) is 21.5 Å². The van der Waals surface area contributed by atoms with Crippen LogP contribution in [0.3, 0.4) is 0 Å². The van der Waals surface area contributed by atoms with Crippen molar-refractivity contribution in [1.82, 2.24) is 0 Å². The highest BCUT2D eigenvalue weighted by atomic mass is 19.2. The summed E-state index contributed by atoms with van der Waals surface area (Å²) in [7, 11) is 0. The SMILES string of the molecule is Cc1cccc(CC(=O)c2cc(F)c(F)cc2F)c1. The molecule has 0 spiro atoms. The van der Waals surface area contributed by atoms with E-state index in [-0.39, 0.29) is 6.42 Å². The predicted molar refractivity (Wildman–Crippen MR) is 65.5 cm³/mol. The van der Waals surface area contributed by atoms with Gasteiger partial charge in [0.25, 0.3) is 0 Å². The molecule has 19 heavy (non-hydrogen) atoms. The van der Waals surface area contributed by atoms with Crippen LogP contribution in [-0.2, 0) is 6.42 Å². The van der Waals surface area contributed by atoms with Gasteiger partial charge < -0.3 is 0 Å². The molecule has 98 valence electrons. The Balaban J connectivity index is 2.28. The Labute approximate surface area is 108 Å². The van der Waals surface area contributed by atoms with E-state index in [1.54, 1.807) is 18.2 Å². The fourth-order valence-corrected chi connectivity index (χ4v) is 1.84. The van der Waals surface area contributed by atoms with Gasteiger partial charge in [-0.1, -0.05) is 29.8 Å². The Kier molecular flexibility index (Phi) is 3.69.